The molecule has 25 heavy (non-hydrogen) atoms. The first-order chi connectivity index (χ1) is 12.2. The maximum absolute atomic E-state index is 12.0. The Balaban J connectivity index is 1.48. The van der Waals surface area contributed by atoms with Crippen molar-refractivity contribution in [2.24, 2.45) is 0 Å². The number of aryl methyl sites for hydroxylation is 1. The predicted octanol–water partition coefficient (Wildman–Crippen LogP) is 3.85. The van der Waals surface area contributed by atoms with Crippen molar-refractivity contribution in [3.8, 4) is 0 Å². The maximum atomic E-state index is 12.0. The van der Waals surface area contributed by atoms with Crippen LogP contribution >= 0.6 is 0 Å². The third kappa shape index (κ3) is 5.17. The summed E-state index contributed by atoms with van der Waals surface area (Å²) in [6.45, 7) is 2.77. The molecule has 0 aliphatic heterocycles. The summed E-state index contributed by atoms with van der Waals surface area (Å²) < 4.78 is 0. The summed E-state index contributed by atoms with van der Waals surface area (Å²) >= 11 is 0. The molecule has 1 aromatic carbocycles. The topological polar surface area (TPSA) is 78.9 Å². The van der Waals surface area contributed by atoms with Crippen LogP contribution in [0.25, 0.3) is 0 Å². The molecule has 1 aliphatic carbocycles. The van der Waals surface area contributed by atoms with Crippen molar-refractivity contribution in [2.45, 2.75) is 51.6 Å². The molecular weight excluding hydrogens is 314 g/mol. The Morgan fingerprint density at radius 2 is 1.76 bits per heavy atom. The number of anilines is 2. The third-order valence-corrected chi connectivity index (χ3v) is 4.57. The summed E-state index contributed by atoms with van der Waals surface area (Å²) in [4.78, 5) is 12.0. The molecule has 1 aromatic heterocycles. The van der Waals surface area contributed by atoms with Crippen LogP contribution in [0, 0.1) is 6.92 Å². The van der Waals surface area contributed by atoms with E-state index in [-0.39, 0.29) is 12.1 Å². The average molecular weight is 339 g/mol. The van der Waals surface area contributed by atoms with E-state index in [4.69, 9.17) is 0 Å². The Hall–Kier alpha value is -2.63. The zero-order chi connectivity index (χ0) is 17.5. The highest BCUT2D eigenvalue weighted by atomic mass is 16.2. The lowest BCUT2D eigenvalue weighted by Crippen LogP contribution is -2.39. The smallest absolute Gasteiger partial charge is 0.320 e. The van der Waals surface area contributed by atoms with Gasteiger partial charge in [-0.15, -0.1) is 10.2 Å². The minimum atomic E-state index is -0.207. The number of amides is 2. The minimum absolute atomic E-state index is 0.207. The van der Waals surface area contributed by atoms with E-state index in [2.05, 4.69) is 45.2 Å². The number of carbonyl (C=O) groups is 1. The van der Waals surface area contributed by atoms with Crippen LogP contribution < -0.4 is 16.0 Å². The number of urea groups is 1. The fraction of sp³-hybridized carbons (Fsp3) is 0.421. The van der Waals surface area contributed by atoms with Gasteiger partial charge in [0.05, 0.1) is 0 Å². The first-order valence-electron chi connectivity index (χ1n) is 8.90. The van der Waals surface area contributed by atoms with Crippen LogP contribution in [-0.4, -0.2) is 22.3 Å². The Labute approximate surface area is 148 Å². The highest BCUT2D eigenvalue weighted by Crippen LogP contribution is 2.17. The van der Waals surface area contributed by atoms with E-state index < -0.39 is 0 Å². The molecule has 6 heteroatoms. The van der Waals surface area contributed by atoms with Gasteiger partial charge in [0.1, 0.15) is 5.82 Å². The minimum Gasteiger partial charge on any atom is -0.364 e. The number of nitrogens with zero attached hydrogens (tertiary/aromatic N) is 2. The molecule has 6 nitrogen and oxygen atoms in total. The molecule has 1 saturated carbocycles. The molecule has 3 rings (SSSR count). The van der Waals surface area contributed by atoms with Crippen LogP contribution in [0.4, 0.5) is 16.4 Å². The molecule has 1 fully saturated rings. The van der Waals surface area contributed by atoms with Crippen molar-refractivity contribution in [2.75, 3.05) is 10.6 Å². The maximum Gasteiger partial charge on any atom is 0.320 e. The lowest BCUT2D eigenvalue weighted by Gasteiger charge is -2.22. The Morgan fingerprint density at radius 3 is 2.48 bits per heavy atom. The van der Waals surface area contributed by atoms with E-state index in [9.17, 15) is 4.79 Å². The number of benzene rings is 1. The Morgan fingerprint density at radius 1 is 1.04 bits per heavy atom. The van der Waals surface area contributed by atoms with Crippen LogP contribution in [0.5, 0.6) is 0 Å². The number of aromatic nitrogens is 2. The highest BCUT2D eigenvalue weighted by Gasteiger charge is 2.15. The molecule has 132 valence electrons. The van der Waals surface area contributed by atoms with Gasteiger partial charge >= 0.3 is 6.03 Å². The van der Waals surface area contributed by atoms with Gasteiger partial charge in [0, 0.05) is 12.6 Å². The molecule has 2 aromatic rings. The molecule has 1 heterocycles. The van der Waals surface area contributed by atoms with Crippen LogP contribution in [0.3, 0.4) is 0 Å². The number of carbonyl (C=O) groups excluding carboxylic acids is 1. The van der Waals surface area contributed by atoms with Crippen molar-refractivity contribution in [1.29, 1.82) is 0 Å². The van der Waals surface area contributed by atoms with Crippen LogP contribution in [0.15, 0.2) is 36.4 Å². The van der Waals surface area contributed by atoms with Crippen molar-refractivity contribution < 1.29 is 4.79 Å². The van der Waals surface area contributed by atoms with Gasteiger partial charge in [-0.2, -0.15) is 0 Å². The number of hydrogen-bond donors (Lipinski definition) is 3. The quantitative estimate of drug-likeness (QED) is 0.773. The molecule has 0 atom stereocenters. The lowest BCUT2D eigenvalue weighted by atomic mass is 9.96. The van der Waals surface area contributed by atoms with Crippen LogP contribution in [-0.2, 0) is 6.54 Å². The van der Waals surface area contributed by atoms with Crippen molar-refractivity contribution in [3.05, 3.63) is 47.5 Å². The van der Waals surface area contributed by atoms with E-state index in [0.29, 0.717) is 18.2 Å². The summed E-state index contributed by atoms with van der Waals surface area (Å²) in [6, 6.07) is 11.9. The second-order valence-corrected chi connectivity index (χ2v) is 6.52. The van der Waals surface area contributed by atoms with Crippen LogP contribution in [0.2, 0.25) is 0 Å². The first kappa shape index (κ1) is 17.2. The molecule has 0 bridgehead atoms. The summed E-state index contributed by atoms with van der Waals surface area (Å²) in [6.07, 6.45) is 5.75. The van der Waals surface area contributed by atoms with Gasteiger partial charge in [0.15, 0.2) is 5.82 Å². The lowest BCUT2D eigenvalue weighted by molar-refractivity contribution is 0.244. The summed E-state index contributed by atoms with van der Waals surface area (Å²) in [7, 11) is 0. The van der Waals surface area contributed by atoms with E-state index >= 15 is 0 Å². The molecule has 2 amide bonds. The molecular formula is C19H25N5O. The van der Waals surface area contributed by atoms with Crippen molar-refractivity contribution >= 4 is 17.7 Å². The fourth-order valence-corrected chi connectivity index (χ4v) is 3.07. The van der Waals surface area contributed by atoms with E-state index in [1.807, 2.05) is 18.2 Å². The number of hydrogen-bond acceptors (Lipinski definition) is 4. The van der Waals surface area contributed by atoms with Crippen LogP contribution in [0.1, 0.15) is 43.2 Å². The van der Waals surface area contributed by atoms with Gasteiger partial charge in [0.2, 0.25) is 0 Å². The van der Waals surface area contributed by atoms with Gasteiger partial charge in [-0.05, 0) is 43.0 Å². The molecule has 0 radical (unpaired) electrons. The van der Waals surface area contributed by atoms with Gasteiger partial charge in [0.25, 0.3) is 0 Å². The summed E-state index contributed by atoms with van der Waals surface area (Å²) in [5, 5.41) is 17.2. The van der Waals surface area contributed by atoms with Crippen molar-refractivity contribution in [1.82, 2.24) is 15.5 Å². The second-order valence-electron chi connectivity index (χ2n) is 6.52. The third-order valence-electron chi connectivity index (χ3n) is 4.57. The fourth-order valence-electron chi connectivity index (χ4n) is 3.07. The molecule has 0 spiro atoms. The largest absolute Gasteiger partial charge is 0.364 e. The summed E-state index contributed by atoms with van der Waals surface area (Å²) in [5.74, 6) is 1.14. The predicted molar refractivity (Wildman–Crippen MR) is 99.6 cm³/mol. The molecule has 3 N–H and O–H groups in total. The van der Waals surface area contributed by atoms with Crippen molar-refractivity contribution in [3.63, 3.8) is 0 Å². The molecule has 0 unspecified atom stereocenters. The molecule has 0 saturated heterocycles. The monoisotopic (exact) mass is 339 g/mol. The first-order valence-corrected chi connectivity index (χ1v) is 8.90. The van der Waals surface area contributed by atoms with Gasteiger partial charge < -0.3 is 10.6 Å². The van der Waals surface area contributed by atoms with E-state index in [1.54, 1.807) is 6.07 Å². The van der Waals surface area contributed by atoms with Gasteiger partial charge in [-0.3, -0.25) is 5.32 Å². The van der Waals surface area contributed by atoms with E-state index in [1.165, 1.54) is 30.4 Å². The molecule has 1 aliphatic rings. The average Bonchev–Trinajstić information content (AvgIpc) is 2.63. The SMILES string of the molecule is Cc1ccccc1CNc1ccc(NC(=O)NC2CCCCC2)nn1. The highest BCUT2D eigenvalue weighted by molar-refractivity contribution is 5.88. The summed E-state index contributed by atoms with van der Waals surface area (Å²) in [5.41, 5.74) is 2.46. The zero-order valence-electron chi connectivity index (χ0n) is 14.6. The number of nitrogens with one attached hydrogen (secondary N) is 3. The van der Waals surface area contributed by atoms with Gasteiger partial charge in [-0.25, -0.2) is 4.79 Å². The zero-order valence-corrected chi connectivity index (χ0v) is 14.6. The standard InChI is InChI=1S/C19H25N5O/c1-14-7-5-6-8-15(14)13-20-17-11-12-18(24-23-17)22-19(25)21-16-9-3-2-4-10-16/h5-8,11-12,16H,2-4,9-10,13H2,1H3,(H,20,23)(H2,21,22,24,25). The Bertz CT molecular complexity index is 695. The number of rotatable bonds is 5. The van der Waals surface area contributed by atoms with E-state index in [0.717, 1.165) is 12.8 Å². The normalized spacial score (nSPS) is 14.8. The second kappa shape index (κ2) is 8.46. The Kier molecular flexibility index (Phi) is 5.82. The van der Waals surface area contributed by atoms with Gasteiger partial charge in [-0.1, -0.05) is 43.5 Å².